The third-order valence-corrected chi connectivity index (χ3v) is 1.83. The Hall–Kier alpha value is -0.830. The van der Waals surface area contributed by atoms with Crippen molar-refractivity contribution < 1.29 is 9.90 Å². The Balaban J connectivity index is 2.36. The van der Waals surface area contributed by atoms with E-state index in [0.717, 1.165) is 18.5 Å². The second kappa shape index (κ2) is 4.26. The fourth-order valence-electron chi connectivity index (χ4n) is 1.21. The molecule has 0 saturated carbocycles. The molecule has 1 atom stereocenters. The third kappa shape index (κ3) is 3.05. The summed E-state index contributed by atoms with van der Waals surface area (Å²) >= 11 is 0. The Bertz CT molecular complexity index is 197. The molecule has 1 rings (SSSR count). The summed E-state index contributed by atoms with van der Waals surface area (Å²) in [6.45, 7) is 2.25. The van der Waals surface area contributed by atoms with Crippen LogP contribution in [0.3, 0.4) is 0 Å². The van der Waals surface area contributed by atoms with E-state index in [2.05, 4.69) is 5.32 Å². The molecule has 0 aromatic rings. The smallest absolute Gasteiger partial charge is 0.157 e. The standard InChI is InChI=1S/C9H15NO2/c1-7(11)6-10-8-3-2-4-9(12)5-8/h5,7,10-11H,2-4,6H2,1H3. The van der Waals surface area contributed by atoms with Crippen LogP contribution < -0.4 is 5.32 Å². The van der Waals surface area contributed by atoms with Gasteiger partial charge in [0.25, 0.3) is 0 Å². The van der Waals surface area contributed by atoms with Gasteiger partial charge in [-0.2, -0.15) is 0 Å². The minimum atomic E-state index is -0.358. The van der Waals surface area contributed by atoms with Crippen molar-refractivity contribution in [3.8, 4) is 0 Å². The van der Waals surface area contributed by atoms with E-state index in [9.17, 15) is 4.79 Å². The average Bonchev–Trinajstić information content (AvgIpc) is 2.01. The lowest BCUT2D eigenvalue weighted by molar-refractivity contribution is -0.115. The predicted molar refractivity (Wildman–Crippen MR) is 46.6 cm³/mol. The Morgan fingerprint density at radius 3 is 3.00 bits per heavy atom. The molecule has 3 nitrogen and oxygen atoms in total. The zero-order valence-electron chi connectivity index (χ0n) is 7.34. The van der Waals surface area contributed by atoms with Crippen LogP contribution >= 0.6 is 0 Å². The normalized spacial score (nSPS) is 20.2. The van der Waals surface area contributed by atoms with Crippen molar-refractivity contribution in [2.45, 2.75) is 32.3 Å². The van der Waals surface area contributed by atoms with Crippen LogP contribution in [0.15, 0.2) is 11.8 Å². The van der Waals surface area contributed by atoms with Gasteiger partial charge in [0.2, 0.25) is 0 Å². The van der Waals surface area contributed by atoms with Crippen molar-refractivity contribution in [1.82, 2.24) is 5.32 Å². The van der Waals surface area contributed by atoms with Crippen LogP contribution in [0, 0.1) is 0 Å². The van der Waals surface area contributed by atoms with Gasteiger partial charge in [0.1, 0.15) is 0 Å². The number of ketones is 1. The van der Waals surface area contributed by atoms with Gasteiger partial charge in [-0.25, -0.2) is 0 Å². The van der Waals surface area contributed by atoms with Gasteiger partial charge in [-0.05, 0) is 19.8 Å². The molecule has 0 heterocycles. The molecule has 12 heavy (non-hydrogen) atoms. The molecular weight excluding hydrogens is 154 g/mol. The summed E-state index contributed by atoms with van der Waals surface area (Å²) in [7, 11) is 0. The molecule has 1 aliphatic carbocycles. The topological polar surface area (TPSA) is 49.3 Å². The summed E-state index contributed by atoms with van der Waals surface area (Å²) in [4.78, 5) is 10.9. The number of carbonyl (C=O) groups is 1. The lowest BCUT2D eigenvalue weighted by Gasteiger charge is -2.15. The first kappa shape index (κ1) is 9.26. The van der Waals surface area contributed by atoms with Crippen LogP contribution in [0.25, 0.3) is 0 Å². The van der Waals surface area contributed by atoms with Crippen LogP contribution in [0.4, 0.5) is 0 Å². The second-order valence-electron chi connectivity index (χ2n) is 3.22. The van der Waals surface area contributed by atoms with Crippen LogP contribution in [0.2, 0.25) is 0 Å². The molecule has 0 spiro atoms. The maximum Gasteiger partial charge on any atom is 0.157 e. The zero-order chi connectivity index (χ0) is 8.97. The number of rotatable bonds is 3. The average molecular weight is 169 g/mol. The summed E-state index contributed by atoms with van der Waals surface area (Å²) in [5.41, 5.74) is 0.965. The SMILES string of the molecule is CC(O)CNC1=CC(=O)CCC1. The Kier molecular flexibility index (Phi) is 3.29. The van der Waals surface area contributed by atoms with E-state index in [-0.39, 0.29) is 11.9 Å². The number of allylic oxidation sites excluding steroid dienone is 2. The number of aliphatic hydroxyl groups is 1. The van der Waals surface area contributed by atoms with E-state index >= 15 is 0 Å². The third-order valence-electron chi connectivity index (χ3n) is 1.83. The van der Waals surface area contributed by atoms with Gasteiger partial charge in [-0.3, -0.25) is 4.79 Å². The highest BCUT2D eigenvalue weighted by molar-refractivity contribution is 5.90. The van der Waals surface area contributed by atoms with Gasteiger partial charge in [-0.15, -0.1) is 0 Å². The highest BCUT2D eigenvalue weighted by atomic mass is 16.3. The Morgan fingerprint density at radius 1 is 1.67 bits per heavy atom. The van der Waals surface area contributed by atoms with Gasteiger partial charge in [0.05, 0.1) is 6.10 Å². The number of hydrogen-bond acceptors (Lipinski definition) is 3. The molecule has 2 N–H and O–H groups in total. The number of nitrogens with one attached hydrogen (secondary N) is 1. The summed E-state index contributed by atoms with van der Waals surface area (Å²) < 4.78 is 0. The molecule has 1 aliphatic rings. The van der Waals surface area contributed by atoms with Gasteiger partial charge < -0.3 is 10.4 Å². The van der Waals surface area contributed by atoms with Gasteiger partial charge >= 0.3 is 0 Å². The first-order chi connectivity index (χ1) is 5.68. The predicted octanol–water partition coefficient (Wildman–Crippen LogP) is 0.594. The summed E-state index contributed by atoms with van der Waals surface area (Å²) in [6, 6.07) is 0. The molecule has 0 aliphatic heterocycles. The Labute approximate surface area is 72.5 Å². The molecule has 1 unspecified atom stereocenters. The zero-order valence-corrected chi connectivity index (χ0v) is 7.34. The molecule has 68 valence electrons. The second-order valence-corrected chi connectivity index (χ2v) is 3.22. The lowest BCUT2D eigenvalue weighted by Crippen LogP contribution is -2.25. The molecule has 0 bridgehead atoms. The van der Waals surface area contributed by atoms with Crippen LogP contribution in [-0.2, 0) is 4.79 Å². The van der Waals surface area contributed by atoms with E-state index < -0.39 is 0 Å². The summed E-state index contributed by atoms with van der Waals surface area (Å²) in [6.07, 6.45) is 3.81. The molecule has 0 saturated heterocycles. The fraction of sp³-hybridized carbons (Fsp3) is 0.667. The summed E-state index contributed by atoms with van der Waals surface area (Å²) in [5, 5.41) is 12.0. The van der Waals surface area contributed by atoms with Crippen molar-refractivity contribution in [1.29, 1.82) is 0 Å². The van der Waals surface area contributed by atoms with Gasteiger partial charge in [0, 0.05) is 24.7 Å². The minimum absolute atomic E-state index is 0.189. The van der Waals surface area contributed by atoms with Crippen molar-refractivity contribution in [3.63, 3.8) is 0 Å². The number of hydrogen-bond donors (Lipinski definition) is 2. The highest BCUT2D eigenvalue weighted by Crippen LogP contribution is 2.12. The monoisotopic (exact) mass is 169 g/mol. The van der Waals surface area contributed by atoms with E-state index in [1.165, 1.54) is 0 Å². The highest BCUT2D eigenvalue weighted by Gasteiger charge is 2.09. The Morgan fingerprint density at radius 2 is 2.42 bits per heavy atom. The molecule has 0 aromatic carbocycles. The first-order valence-corrected chi connectivity index (χ1v) is 4.34. The summed E-state index contributed by atoms with van der Waals surface area (Å²) in [5.74, 6) is 0.189. The molecule has 0 aromatic heterocycles. The van der Waals surface area contributed by atoms with Crippen molar-refractivity contribution >= 4 is 5.78 Å². The van der Waals surface area contributed by atoms with Crippen molar-refractivity contribution in [2.24, 2.45) is 0 Å². The van der Waals surface area contributed by atoms with Crippen LogP contribution in [0.5, 0.6) is 0 Å². The molecule has 0 fully saturated rings. The quantitative estimate of drug-likeness (QED) is 0.650. The lowest BCUT2D eigenvalue weighted by atomic mass is 10.0. The van der Waals surface area contributed by atoms with E-state index in [1.54, 1.807) is 13.0 Å². The molecule has 0 amide bonds. The van der Waals surface area contributed by atoms with E-state index in [4.69, 9.17) is 5.11 Å². The fourth-order valence-corrected chi connectivity index (χ4v) is 1.21. The van der Waals surface area contributed by atoms with Crippen LogP contribution in [-0.4, -0.2) is 23.5 Å². The largest absolute Gasteiger partial charge is 0.392 e. The van der Waals surface area contributed by atoms with Crippen molar-refractivity contribution in [2.75, 3.05) is 6.54 Å². The van der Waals surface area contributed by atoms with Crippen LogP contribution in [0.1, 0.15) is 26.2 Å². The van der Waals surface area contributed by atoms with Gasteiger partial charge in [0.15, 0.2) is 5.78 Å². The van der Waals surface area contributed by atoms with Gasteiger partial charge in [-0.1, -0.05) is 0 Å². The minimum Gasteiger partial charge on any atom is -0.392 e. The van der Waals surface area contributed by atoms with E-state index in [0.29, 0.717) is 13.0 Å². The first-order valence-electron chi connectivity index (χ1n) is 4.34. The van der Waals surface area contributed by atoms with Crippen molar-refractivity contribution in [3.05, 3.63) is 11.8 Å². The maximum atomic E-state index is 10.9. The maximum absolute atomic E-state index is 10.9. The number of aliphatic hydroxyl groups excluding tert-OH is 1. The molecule has 0 radical (unpaired) electrons. The molecular formula is C9H15NO2. The van der Waals surface area contributed by atoms with E-state index in [1.807, 2.05) is 0 Å². The number of carbonyl (C=O) groups excluding carboxylic acids is 1. The molecule has 3 heteroatoms.